The SMILES string of the molecule is CCC[C@H](C)Oc1nc(N)c2c(n1)N(CCCC1CCOCC1)C(=O)C2. The fraction of sp³-hybridized carbons (Fsp3) is 0.737. The van der Waals surface area contributed by atoms with E-state index >= 15 is 0 Å². The third kappa shape index (κ3) is 4.44. The largest absolute Gasteiger partial charge is 0.460 e. The Labute approximate surface area is 155 Å². The molecule has 3 heterocycles. The third-order valence-electron chi connectivity index (χ3n) is 5.22. The van der Waals surface area contributed by atoms with Crippen LogP contribution in [0, 0.1) is 5.92 Å². The van der Waals surface area contributed by atoms with Crippen molar-refractivity contribution in [2.24, 2.45) is 5.92 Å². The highest BCUT2D eigenvalue weighted by molar-refractivity contribution is 6.01. The van der Waals surface area contributed by atoms with Crippen LogP contribution in [0.4, 0.5) is 11.6 Å². The number of fused-ring (bicyclic) bond motifs is 1. The molecule has 3 rings (SSSR count). The lowest BCUT2D eigenvalue weighted by Crippen LogP contribution is -2.29. The van der Waals surface area contributed by atoms with Crippen LogP contribution in [0.3, 0.4) is 0 Å². The first-order valence-electron chi connectivity index (χ1n) is 9.79. The summed E-state index contributed by atoms with van der Waals surface area (Å²) in [7, 11) is 0. The highest BCUT2D eigenvalue weighted by atomic mass is 16.5. The van der Waals surface area contributed by atoms with Gasteiger partial charge in [0.15, 0.2) is 0 Å². The maximum absolute atomic E-state index is 12.4. The Bertz CT molecular complexity index is 631. The van der Waals surface area contributed by atoms with E-state index in [9.17, 15) is 4.79 Å². The molecule has 0 radical (unpaired) electrons. The molecule has 7 heteroatoms. The van der Waals surface area contributed by atoms with E-state index in [0.717, 1.165) is 57.3 Å². The number of aromatic nitrogens is 2. The molecule has 2 aliphatic heterocycles. The zero-order valence-electron chi connectivity index (χ0n) is 15.9. The summed E-state index contributed by atoms with van der Waals surface area (Å²) in [6.07, 6.45) is 6.56. The van der Waals surface area contributed by atoms with Gasteiger partial charge in [0.1, 0.15) is 11.6 Å². The summed E-state index contributed by atoms with van der Waals surface area (Å²) in [5, 5.41) is 0. The summed E-state index contributed by atoms with van der Waals surface area (Å²) >= 11 is 0. The van der Waals surface area contributed by atoms with Gasteiger partial charge in [-0.2, -0.15) is 9.97 Å². The number of carbonyl (C=O) groups excluding carboxylic acids is 1. The first-order chi connectivity index (χ1) is 12.6. The highest BCUT2D eigenvalue weighted by Crippen LogP contribution is 2.33. The maximum atomic E-state index is 12.4. The van der Waals surface area contributed by atoms with Crippen molar-refractivity contribution in [1.82, 2.24) is 9.97 Å². The number of hydrogen-bond acceptors (Lipinski definition) is 6. The Morgan fingerprint density at radius 2 is 2.12 bits per heavy atom. The molecule has 144 valence electrons. The van der Waals surface area contributed by atoms with Crippen molar-refractivity contribution in [3.63, 3.8) is 0 Å². The molecule has 1 atom stereocenters. The van der Waals surface area contributed by atoms with Crippen molar-refractivity contribution in [1.29, 1.82) is 0 Å². The molecule has 2 N–H and O–H groups in total. The number of nitrogens with two attached hydrogens (primary N) is 1. The molecule has 0 aliphatic carbocycles. The average Bonchev–Trinajstić information content (AvgIpc) is 2.93. The summed E-state index contributed by atoms with van der Waals surface area (Å²) in [5.41, 5.74) is 6.80. The van der Waals surface area contributed by atoms with Gasteiger partial charge in [-0.05, 0) is 44.9 Å². The van der Waals surface area contributed by atoms with E-state index in [1.807, 2.05) is 6.92 Å². The van der Waals surface area contributed by atoms with E-state index in [-0.39, 0.29) is 24.4 Å². The van der Waals surface area contributed by atoms with Crippen LogP contribution >= 0.6 is 0 Å². The van der Waals surface area contributed by atoms with E-state index in [0.29, 0.717) is 24.1 Å². The van der Waals surface area contributed by atoms with Gasteiger partial charge in [0.2, 0.25) is 5.91 Å². The van der Waals surface area contributed by atoms with Crippen LogP contribution in [0.15, 0.2) is 0 Å². The molecule has 1 amide bonds. The van der Waals surface area contributed by atoms with Crippen LogP contribution < -0.4 is 15.4 Å². The topological polar surface area (TPSA) is 90.6 Å². The number of carbonyl (C=O) groups is 1. The molecule has 1 aromatic rings. The normalized spacial score (nSPS) is 18.8. The Morgan fingerprint density at radius 3 is 2.85 bits per heavy atom. The fourth-order valence-corrected chi connectivity index (χ4v) is 3.73. The lowest BCUT2D eigenvalue weighted by atomic mass is 9.95. The van der Waals surface area contributed by atoms with Crippen molar-refractivity contribution >= 4 is 17.5 Å². The number of hydrogen-bond donors (Lipinski definition) is 1. The van der Waals surface area contributed by atoms with E-state index in [4.69, 9.17) is 15.2 Å². The van der Waals surface area contributed by atoms with Crippen LogP contribution in [0.5, 0.6) is 6.01 Å². The molecule has 0 bridgehead atoms. The zero-order valence-corrected chi connectivity index (χ0v) is 15.9. The van der Waals surface area contributed by atoms with Crippen molar-refractivity contribution in [2.45, 2.75) is 64.9 Å². The Morgan fingerprint density at radius 1 is 1.35 bits per heavy atom. The van der Waals surface area contributed by atoms with E-state index < -0.39 is 0 Å². The van der Waals surface area contributed by atoms with Crippen LogP contribution in [0.1, 0.15) is 57.9 Å². The Hall–Kier alpha value is -1.89. The number of rotatable bonds is 8. The van der Waals surface area contributed by atoms with Gasteiger partial charge in [0.25, 0.3) is 0 Å². The number of ether oxygens (including phenoxy) is 2. The number of nitrogen functional groups attached to an aromatic ring is 1. The molecule has 26 heavy (non-hydrogen) atoms. The van der Waals surface area contributed by atoms with Crippen LogP contribution in [-0.2, 0) is 16.0 Å². The number of nitrogens with zero attached hydrogens (tertiary/aromatic N) is 3. The summed E-state index contributed by atoms with van der Waals surface area (Å²) < 4.78 is 11.2. The van der Waals surface area contributed by atoms with Gasteiger partial charge in [-0.3, -0.25) is 9.69 Å². The second kappa shape index (κ2) is 8.66. The summed E-state index contributed by atoms with van der Waals surface area (Å²) in [4.78, 5) is 22.9. The molecule has 1 aromatic heterocycles. The molecule has 1 fully saturated rings. The molecule has 7 nitrogen and oxygen atoms in total. The second-order valence-corrected chi connectivity index (χ2v) is 7.33. The van der Waals surface area contributed by atoms with Gasteiger partial charge in [0, 0.05) is 25.3 Å². The van der Waals surface area contributed by atoms with Gasteiger partial charge < -0.3 is 15.2 Å². The van der Waals surface area contributed by atoms with Crippen molar-refractivity contribution in [3.8, 4) is 6.01 Å². The number of amides is 1. The van der Waals surface area contributed by atoms with Gasteiger partial charge in [0.05, 0.1) is 12.5 Å². The fourth-order valence-electron chi connectivity index (χ4n) is 3.73. The third-order valence-corrected chi connectivity index (χ3v) is 5.22. The highest BCUT2D eigenvalue weighted by Gasteiger charge is 2.32. The Kier molecular flexibility index (Phi) is 6.29. The van der Waals surface area contributed by atoms with Crippen molar-refractivity contribution in [2.75, 3.05) is 30.4 Å². The van der Waals surface area contributed by atoms with Gasteiger partial charge in [-0.1, -0.05) is 13.3 Å². The minimum Gasteiger partial charge on any atom is -0.460 e. The van der Waals surface area contributed by atoms with Gasteiger partial charge >= 0.3 is 6.01 Å². The molecule has 2 aliphatic rings. The van der Waals surface area contributed by atoms with E-state index in [1.54, 1.807) is 4.90 Å². The monoisotopic (exact) mass is 362 g/mol. The smallest absolute Gasteiger partial charge is 0.320 e. The molecule has 0 saturated carbocycles. The molecule has 0 unspecified atom stereocenters. The first kappa shape index (κ1) is 18.9. The quantitative estimate of drug-likeness (QED) is 0.765. The molecule has 0 spiro atoms. The lowest BCUT2D eigenvalue weighted by Gasteiger charge is -2.23. The maximum Gasteiger partial charge on any atom is 0.320 e. The number of anilines is 2. The van der Waals surface area contributed by atoms with Crippen LogP contribution in [-0.4, -0.2) is 41.7 Å². The molecular formula is C19H30N4O3. The lowest BCUT2D eigenvalue weighted by molar-refractivity contribution is -0.117. The minimum absolute atomic E-state index is 0.0246. The molecule has 1 saturated heterocycles. The van der Waals surface area contributed by atoms with E-state index in [1.165, 1.54) is 0 Å². The van der Waals surface area contributed by atoms with Gasteiger partial charge in [-0.15, -0.1) is 0 Å². The zero-order chi connectivity index (χ0) is 18.5. The molecule has 0 aromatic carbocycles. The standard InChI is InChI=1S/C19H30N4O3/c1-3-5-13(2)26-19-21-17(20)15-12-16(24)23(18(15)22-19)9-4-6-14-7-10-25-11-8-14/h13-14H,3-12H2,1-2H3,(H2,20,21,22)/t13-/m0/s1. The summed E-state index contributed by atoms with van der Waals surface area (Å²) in [6.45, 7) is 6.49. The summed E-state index contributed by atoms with van der Waals surface area (Å²) in [5.74, 6) is 1.74. The van der Waals surface area contributed by atoms with E-state index in [2.05, 4.69) is 16.9 Å². The molecular weight excluding hydrogens is 332 g/mol. The van der Waals surface area contributed by atoms with Crippen molar-refractivity contribution in [3.05, 3.63) is 5.56 Å². The minimum atomic E-state index is 0.0246. The summed E-state index contributed by atoms with van der Waals surface area (Å²) in [6, 6.07) is 0.270. The average molecular weight is 362 g/mol. The van der Waals surface area contributed by atoms with Crippen molar-refractivity contribution < 1.29 is 14.3 Å². The van der Waals surface area contributed by atoms with Crippen LogP contribution in [0.25, 0.3) is 0 Å². The predicted octanol–water partition coefficient (Wildman–Crippen LogP) is 2.72. The second-order valence-electron chi connectivity index (χ2n) is 7.33. The Balaban J connectivity index is 1.65. The first-order valence-corrected chi connectivity index (χ1v) is 9.79. The van der Waals surface area contributed by atoms with Gasteiger partial charge in [-0.25, -0.2) is 0 Å². The predicted molar refractivity (Wildman–Crippen MR) is 100 cm³/mol. The van der Waals surface area contributed by atoms with Crippen LogP contribution in [0.2, 0.25) is 0 Å².